The largest absolute Gasteiger partial charge is 0.394 e. The molecule has 0 aliphatic carbocycles. The van der Waals surface area contributed by atoms with Crippen molar-refractivity contribution in [3.05, 3.63) is 12.2 Å². The number of carbonyl (C=O) groups is 1. The van der Waals surface area contributed by atoms with E-state index in [2.05, 4.69) is 16.4 Å². The average molecular weight is 190 g/mol. The molecule has 0 aromatic carbocycles. The summed E-state index contributed by atoms with van der Waals surface area (Å²) in [5.74, 6) is -0.595. The summed E-state index contributed by atoms with van der Waals surface area (Å²) in [4.78, 5) is 19.5. The van der Waals surface area contributed by atoms with Gasteiger partial charge in [-0.25, -0.2) is 4.79 Å². The first-order valence-corrected chi connectivity index (χ1v) is 3.86. The Morgan fingerprint density at radius 1 is 1.38 bits per heavy atom. The predicted octanol–water partition coefficient (Wildman–Crippen LogP) is 0.0462. The molecule has 0 aromatic heterocycles. The van der Waals surface area contributed by atoms with Crippen LogP contribution in [0.2, 0.25) is 0 Å². The standard InChI is InChI=1S/C8H14O5/c1-7(2)8(10)13-12-6-5-11-4-3-9/h9H,1,3-6H2,2H3. The van der Waals surface area contributed by atoms with Gasteiger partial charge in [0.25, 0.3) is 0 Å². The van der Waals surface area contributed by atoms with Crippen LogP contribution in [-0.2, 0) is 19.3 Å². The second kappa shape index (κ2) is 7.72. The Morgan fingerprint density at radius 3 is 2.62 bits per heavy atom. The van der Waals surface area contributed by atoms with Crippen molar-refractivity contribution in [2.24, 2.45) is 0 Å². The van der Waals surface area contributed by atoms with E-state index < -0.39 is 5.97 Å². The number of rotatable bonds is 7. The number of hydrogen-bond donors (Lipinski definition) is 1. The number of aliphatic hydroxyl groups is 1. The van der Waals surface area contributed by atoms with Crippen molar-refractivity contribution >= 4 is 5.97 Å². The second-order valence-corrected chi connectivity index (χ2v) is 2.31. The molecule has 0 saturated carbocycles. The molecule has 5 heteroatoms. The quantitative estimate of drug-likeness (QED) is 0.266. The molecule has 0 aliphatic rings. The molecule has 13 heavy (non-hydrogen) atoms. The summed E-state index contributed by atoms with van der Waals surface area (Å²) in [6, 6.07) is 0. The van der Waals surface area contributed by atoms with Crippen molar-refractivity contribution in [1.82, 2.24) is 0 Å². The van der Waals surface area contributed by atoms with E-state index in [-0.39, 0.29) is 32.0 Å². The van der Waals surface area contributed by atoms with Crippen molar-refractivity contribution in [2.45, 2.75) is 6.92 Å². The van der Waals surface area contributed by atoms with Gasteiger partial charge >= 0.3 is 5.97 Å². The van der Waals surface area contributed by atoms with Crippen LogP contribution in [0.15, 0.2) is 12.2 Å². The van der Waals surface area contributed by atoms with Gasteiger partial charge < -0.3 is 9.84 Å². The highest BCUT2D eigenvalue weighted by atomic mass is 17.2. The van der Waals surface area contributed by atoms with Crippen molar-refractivity contribution in [1.29, 1.82) is 0 Å². The SMILES string of the molecule is C=C(C)C(=O)OOCCOCCO. The van der Waals surface area contributed by atoms with Crippen LogP contribution in [0, 0.1) is 0 Å². The van der Waals surface area contributed by atoms with Crippen LogP contribution in [0.25, 0.3) is 0 Å². The summed E-state index contributed by atoms with van der Waals surface area (Å²) in [6.45, 7) is 5.50. The minimum Gasteiger partial charge on any atom is -0.394 e. The van der Waals surface area contributed by atoms with Gasteiger partial charge in [0.15, 0.2) is 0 Å². The fourth-order valence-electron chi connectivity index (χ4n) is 0.426. The van der Waals surface area contributed by atoms with Crippen molar-refractivity contribution < 1.29 is 24.4 Å². The van der Waals surface area contributed by atoms with E-state index in [0.29, 0.717) is 0 Å². The van der Waals surface area contributed by atoms with Crippen molar-refractivity contribution in [3.8, 4) is 0 Å². The van der Waals surface area contributed by atoms with Gasteiger partial charge in [0.05, 0.1) is 19.8 Å². The highest BCUT2D eigenvalue weighted by Gasteiger charge is 2.03. The number of carbonyl (C=O) groups excluding carboxylic acids is 1. The molecular weight excluding hydrogens is 176 g/mol. The summed E-state index contributed by atoms with van der Waals surface area (Å²) in [5.41, 5.74) is 0.274. The Kier molecular flexibility index (Phi) is 7.18. The lowest BCUT2D eigenvalue weighted by Gasteiger charge is -2.03. The third-order valence-corrected chi connectivity index (χ3v) is 1.03. The maximum Gasteiger partial charge on any atom is 0.368 e. The lowest BCUT2D eigenvalue weighted by atomic mass is 10.4. The van der Waals surface area contributed by atoms with Crippen molar-refractivity contribution in [3.63, 3.8) is 0 Å². The van der Waals surface area contributed by atoms with E-state index in [4.69, 9.17) is 9.84 Å². The molecule has 0 unspecified atom stereocenters. The van der Waals surface area contributed by atoms with Crippen LogP contribution in [0.5, 0.6) is 0 Å². The molecule has 0 aliphatic heterocycles. The number of aliphatic hydroxyl groups excluding tert-OH is 1. The highest BCUT2D eigenvalue weighted by Crippen LogP contribution is 1.92. The summed E-state index contributed by atoms with van der Waals surface area (Å²) in [6.07, 6.45) is 0. The second-order valence-electron chi connectivity index (χ2n) is 2.31. The molecule has 0 radical (unpaired) electrons. The summed E-state index contributed by atoms with van der Waals surface area (Å²) in [5, 5.41) is 8.32. The molecule has 0 spiro atoms. The van der Waals surface area contributed by atoms with Gasteiger partial charge in [-0.05, 0) is 6.92 Å². The number of ether oxygens (including phenoxy) is 1. The van der Waals surface area contributed by atoms with Gasteiger partial charge in [-0.15, -0.1) is 0 Å². The normalized spacial score (nSPS) is 9.69. The van der Waals surface area contributed by atoms with E-state index in [0.717, 1.165) is 0 Å². The van der Waals surface area contributed by atoms with Gasteiger partial charge in [-0.3, -0.25) is 4.89 Å². The van der Waals surface area contributed by atoms with Crippen LogP contribution in [-0.4, -0.2) is 37.5 Å². The molecule has 1 N–H and O–H groups in total. The maximum atomic E-state index is 10.7. The fourth-order valence-corrected chi connectivity index (χ4v) is 0.426. The van der Waals surface area contributed by atoms with Gasteiger partial charge in [0, 0.05) is 5.57 Å². The lowest BCUT2D eigenvalue weighted by Crippen LogP contribution is -2.11. The van der Waals surface area contributed by atoms with Gasteiger partial charge in [-0.2, -0.15) is 4.89 Å². The first kappa shape index (κ1) is 12.1. The molecule has 76 valence electrons. The zero-order chi connectivity index (χ0) is 10.1. The predicted molar refractivity (Wildman–Crippen MR) is 44.8 cm³/mol. The lowest BCUT2D eigenvalue weighted by molar-refractivity contribution is -0.272. The summed E-state index contributed by atoms with van der Waals surface area (Å²) < 4.78 is 4.84. The Bertz CT molecular complexity index is 166. The van der Waals surface area contributed by atoms with Gasteiger partial charge in [0.1, 0.15) is 6.61 Å². The monoisotopic (exact) mass is 190 g/mol. The molecule has 0 fully saturated rings. The molecule has 0 saturated heterocycles. The molecule has 5 nitrogen and oxygen atoms in total. The first-order valence-electron chi connectivity index (χ1n) is 3.86. The molecule has 0 heterocycles. The molecule has 0 atom stereocenters. The van der Waals surface area contributed by atoms with Crippen LogP contribution < -0.4 is 0 Å². The minimum absolute atomic E-state index is 0.0362. The third kappa shape index (κ3) is 7.45. The first-order chi connectivity index (χ1) is 6.18. The van der Waals surface area contributed by atoms with Crippen LogP contribution in [0.4, 0.5) is 0 Å². The average Bonchev–Trinajstić information content (AvgIpc) is 2.10. The minimum atomic E-state index is -0.595. The van der Waals surface area contributed by atoms with E-state index in [9.17, 15) is 4.79 Å². The van der Waals surface area contributed by atoms with E-state index in [1.54, 1.807) is 0 Å². The Balaban J connectivity index is 3.16. The van der Waals surface area contributed by atoms with E-state index in [1.165, 1.54) is 6.92 Å². The molecule has 0 rings (SSSR count). The molecule has 0 bridgehead atoms. The van der Waals surface area contributed by atoms with E-state index >= 15 is 0 Å². The van der Waals surface area contributed by atoms with E-state index in [1.807, 2.05) is 0 Å². The highest BCUT2D eigenvalue weighted by molar-refractivity contribution is 5.86. The Labute approximate surface area is 76.8 Å². The fraction of sp³-hybridized carbons (Fsp3) is 0.625. The summed E-state index contributed by atoms with van der Waals surface area (Å²) >= 11 is 0. The molecular formula is C8H14O5. The van der Waals surface area contributed by atoms with Crippen molar-refractivity contribution in [2.75, 3.05) is 26.4 Å². The topological polar surface area (TPSA) is 65.0 Å². The van der Waals surface area contributed by atoms with Gasteiger partial charge in [0.2, 0.25) is 0 Å². The molecule has 0 amide bonds. The molecule has 0 aromatic rings. The van der Waals surface area contributed by atoms with Gasteiger partial charge in [-0.1, -0.05) is 6.58 Å². The third-order valence-electron chi connectivity index (χ3n) is 1.03. The maximum absolute atomic E-state index is 10.7. The zero-order valence-electron chi connectivity index (χ0n) is 7.62. The Morgan fingerprint density at radius 2 is 2.08 bits per heavy atom. The van der Waals surface area contributed by atoms with Crippen LogP contribution in [0.1, 0.15) is 6.92 Å². The number of hydrogen-bond acceptors (Lipinski definition) is 5. The summed E-state index contributed by atoms with van der Waals surface area (Å²) in [7, 11) is 0. The smallest absolute Gasteiger partial charge is 0.368 e. The zero-order valence-corrected chi connectivity index (χ0v) is 7.62. The Hall–Kier alpha value is -0.910. The van der Waals surface area contributed by atoms with Crippen LogP contribution in [0.3, 0.4) is 0 Å². The van der Waals surface area contributed by atoms with Crippen LogP contribution >= 0.6 is 0 Å².